The van der Waals surface area contributed by atoms with Gasteiger partial charge in [-0.05, 0) is 28.1 Å². The lowest BCUT2D eigenvalue weighted by Gasteiger charge is -2.05. The van der Waals surface area contributed by atoms with Crippen molar-refractivity contribution < 1.29 is 5.11 Å². The van der Waals surface area contributed by atoms with Crippen molar-refractivity contribution in [3.63, 3.8) is 0 Å². The first kappa shape index (κ1) is 10.7. The van der Waals surface area contributed by atoms with E-state index in [4.69, 9.17) is 16.7 Å². The van der Waals surface area contributed by atoms with Gasteiger partial charge in [0.2, 0.25) is 0 Å². The highest BCUT2D eigenvalue weighted by Gasteiger charge is 2.10. The Labute approximate surface area is 100 Å². The minimum absolute atomic E-state index is 0.108. The zero-order valence-electron chi connectivity index (χ0n) is 7.69. The summed E-state index contributed by atoms with van der Waals surface area (Å²) < 4.78 is 2.48. The second kappa shape index (κ2) is 4.35. The third kappa shape index (κ3) is 1.93. The molecule has 0 bridgehead atoms. The molecule has 0 aliphatic heterocycles. The monoisotopic (exact) mass is 286 g/mol. The maximum atomic E-state index is 9.00. The summed E-state index contributed by atoms with van der Waals surface area (Å²) in [5, 5.41) is 13.5. The van der Waals surface area contributed by atoms with E-state index in [0.29, 0.717) is 10.7 Å². The summed E-state index contributed by atoms with van der Waals surface area (Å²) in [4.78, 5) is 0. The van der Waals surface area contributed by atoms with Crippen LogP contribution in [0.2, 0.25) is 5.15 Å². The Hall–Kier alpha value is -0.840. The highest BCUT2D eigenvalue weighted by molar-refractivity contribution is 9.10. The van der Waals surface area contributed by atoms with Crippen molar-refractivity contribution in [2.45, 2.75) is 6.61 Å². The molecule has 0 saturated heterocycles. The lowest BCUT2D eigenvalue weighted by Crippen LogP contribution is -1.97. The standard InChI is InChI=1S/C10H8BrClN2O/c11-8-3-1-2-4-9(8)14-10(12)7(6-15)5-13-14/h1-5,15H,6H2. The molecule has 1 heterocycles. The van der Waals surface area contributed by atoms with Crippen LogP contribution in [0.1, 0.15) is 5.56 Å². The molecule has 15 heavy (non-hydrogen) atoms. The number of aliphatic hydroxyl groups excluding tert-OH is 1. The topological polar surface area (TPSA) is 38.1 Å². The summed E-state index contributed by atoms with van der Waals surface area (Å²) in [5.74, 6) is 0. The molecule has 0 radical (unpaired) electrons. The second-order valence-electron chi connectivity index (χ2n) is 2.98. The number of nitrogens with zero attached hydrogens (tertiary/aromatic N) is 2. The van der Waals surface area contributed by atoms with Crippen molar-refractivity contribution in [3.05, 3.63) is 45.7 Å². The summed E-state index contributed by atoms with van der Waals surface area (Å²) in [6.07, 6.45) is 1.56. The van der Waals surface area contributed by atoms with Gasteiger partial charge in [-0.15, -0.1) is 0 Å². The van der Waals surface area contributed by atoms with Crippen LogP contribution >= 0.6 is 27.5 Å². The van der Waals surface area contributed by atoms with Crippen LogP contribution < -0.4 is 0 Å². The summed E-state index contributed by atoms with van der Waals surface area (Å²) in [5.41, 5.74) is 1.47. The van der Waals surface area contributed by atoms with E-state index in [1.54, 1.807) is 10.9 Å². The van der Waals surface area contributed by atoms with Gasteiger partial charge in [-0.3, -0.25) is 0 Å². The number of rotatable bonds is 2. The van der Waals surface area contributed by atoms with Crippen LogP contribution in [0.25, 0.3) is 5.69 Å². The molecule has 0 aliphatic rings. The average Bonchev–Trinajstić information content (AvgIpc) is 2.60. The van der Waals surface area contributed by atoms with Gasteiger partial charge in [0.15, 0.2) is 0 Å². The lowest BCUT2D eigenvalue weighted by atomic mass is 10.3. The molecular weight excluding hydrogens is 279 g/mol. The van der Waals surface area contributed by atoms with E-state index in [0.717, 1.165) is 10.2 Å². The molecule has 0 aliphatic carbocycles. The van der Waals surface area contributed by atoms with Crippen molar-refractivity contribution in [2.24, 2.45) is 0 Å². The lowest BCUT2D eigenvalue weighted by molar-refractivity contribution is 0.282. The molecule has 2 aromatic rings. The predicted molar refractivity (Wildman–Crippen MR) is 62.2 cm³/mol. The molecule has 78 valence electrons. The molecule has 3 nitrogen and oxygen atoms in total. The quantitative estimate of drug-likeness (QED) is 0.922. The van der Waals surface area contributed by atoms with Gasteiger partial charge in [0.25, 0.3) is 0 Å². The Balaban J connectivity index is 2.55. The summed E-state index contributed by atoms with van der Waals surface area (Å²) >= 11 is 9.47. The van der Waals surface area contributed by atoms with Gasteiger partial charge < -0.3 is 5.11 Å². The van der Waals surface area contributed by atoms with Gasteiger partial charge in [-0.2, -0.15) is 5.10 Å². The zero-order valence-corrected chi connectivity index (χ0v) is 10.0. The molecule has 1 aromatic carbocycles. The Morgan fingerprint density at radius 2 is 2.13 bits per heavy atom. The van der Waals surface area contributed by atoms with Crippen molar-refractivity contribution in [2.75, 3.05) is 0 Å². The first-order valence-electron chi connectivity index (χ1n) is 4.32. The average molecular weight is 288 g/mol. The third-order valence-corrected chi connectivity index (χ3v) is 3.10. The maximum Gasteiger partial charge on any atom is 0.138 e. The van der Waals surface area contributed by atoms with E-state index in [2.05, 4.69) is 21.0 Å². The van der Waals surface area contributed by atoms with Crippen molar-refractivity contribution in [3.8, 4) is 5.69 Å². The van der Waals surface area contributed by atoms with E-state index < -0.39 is 0 Å². The highest BCUT2D eigenvalue weighted by atomic mass is 79.9. The largest absolute Gasteiger partial charge is 0.392 e. The van der Waals surface area contributed by atoms with Gasteiger partial charge in [0, 0.05) is 10.0 Å². The van der Waals surface area contributed by atoms with Crippen LogP contribution in [0, 0.1) is 0 Å². The first-order valence-corrected chi connectivity index (χ1v) is 5.49. The molecule has 0 fully saturated rings. The van der Waals surface area contributed by atoms with Crippen molar-refractivity contribution in [1.82, 2.24) is 9.78 Å². The molecule has 1 N–H and O–H groups in total. The van der Waals surface area contributed by atoms with Gasteiger partial charge in [-0.25, -0.2) is 4.68 Å². The number of benzene rings is 1. The molecule has 2 rings (SSSR count). The molecular formula is C10H8BrClN2O. The fourth-order valence-electron chi connectivity index (χ4n) is 1.26. The minimum atomic E-state index is -0.108. The Kier molecular flexibility index (Phi) is 3.09. The first-order chi connectivity index (χ1) is 7.24. The molecule has 0 saturated carbocycles. The predicted octanol–water partition coefficient (Wildman–Crippen LogP) is 2.78. The SMILES string of the molecule is OCc1cnn(-c2ccccc2Br)c1Cl. The second-order valence-corrected chi connectivity index (χ2v) is 4.19. The fraction of sp³-hybridized carbons (Fsp3) is 0.100. The molecule has 0 atom stereocenters. The Morgan fingerprint density at radius 1 is 1.40 bits per heavy atom. The third-order valence-electron chi connectivity index (χ3n) is 2.03. The van der Waals surface area contributed by atoms with E-state index in [1.165, 1.54) is 0 Å². The molecule has 5 heteroatoms. The van der Waals surface area contributed by atoms with Crippen molar-refractivity contribution >= 4 is 27.5 Å². The zero-order chi connectivity index (χ0) is 10.8. The van der Waals surface area contributed by atoms with Crippen LogP contribution in [0.4, 0.5) is 0 Å². The highest BCUT2D eigenvalue weighted by Crippen LogP contribution is 2.25. The number of para-hydroxylation sites is 1. The summed E-state index contributed by atoms with van der Waals surface area (Å²) in [6, 6.07) is 7.62. The van der Waals surface area contributed by atoms with Gasteiger partial charge in [0.05, 0.1) is 18.5 Å². The van der Waals surface area contributed by atoms with Crippen LogP contribution in [0.15, 0.2) is 34.9 Å². The normalized spacial score (nSPS) is 10.6. The Morgan fingerprint density at radius 3 is 2.73 bits per heavy atom. The number of aliphatic hydroxyl groups is 1. The van der Waals surface area contributed by atoms with Gasteiger partial charge in [-0.1, -0.05) is 23.7 Å². The van der Waals surface area contributed by atoms with Gasteiger partial charge in [0.1, 0.15) is 5.15 Å². The molecule has 1 aromatic heterocycles. The van der Waals surface area contributed by atoms with E-state index >= 15 is 0 Å². The van der Waals surface area contributed by atoms with Crippen LogP contribution in [0.5, 0.6) is 0 Å². The van der Waals surface area contributed by atoms with Gasteiger partial charge >= 0.3 is 0 Å². The molecule has 0 amide bonds. The van der Waals surface area contributed by atoms with E-state index in [-0.39, 0.29) is 6.61 Å². The van der Waals surface area contributed by atoms with Crippen LogP contribution in [-0.2, 0) is 6.61 Å². The Bertz CT molecular complexity index is 484. The van der Waals surface area contributed by atoms with Crippen molar-refractivity contribution in [1.29, 1.82) is 0 Å². The fourth-order valence-corrected chi connectivity index (χ4v) is 1.96. The number of hydrogen-bond donors (Lipinski definition) is 1. The molecule has 0 spiro atoms. The smallest absolute Gasteiger partial charge is 0.138 e. The summed E-state index contributed by atoms with van der Waals surface area (Å²) in [6.45, 7) is -0.108. The number of halogens is 2. The maximum absolute atomic E-state index is 9.00. The molecule has 0 unspecified atom stereocenters. The number of aromatic nitrogens is 2. The van der Waals surface area contributed by atoms with E-state index in [9.17, 15) is 0 Å². The van der Waals surface area contributed by atoms with E-state index in [1.807, 2.05) is 24.3 Å². The van der Waals surface area contributed by atoms with Crippen LogP contribution in [-0.4, -0.2) is 14.9 Å². The van der Waals surface area contributed by atoms with Crippen LogP contribution in [0.3, 0.4) is 0 Å². The summed E-state index contributed by atoms with van der Waals surface area (Å²) in [7, 11) is 0. The number of hydrogen-bond acceptors (Lipinski definition) is 2. The minimum Gasteiger partial charge on any atom is -0.392 e.